The lowest BCUT2D eigenvalue weighted by molar-refractivity contribution is 0.121. The standard InChI is InChI=1S/C14H20N2O/c15-12-5-1-2-6-14(12)16-8-9-17-10-11-4-3-7-13(11)16/h1-2,5-6,11,13H,3-4,7-10,15H2/t11-,13-/m0/s1. The van der Waals surface area contributed by atoms with Gasteiger partial charge >= 0.3 is 0 Å². The van der Waals surface area contributed by atoms with Crippen LogP contribution in [0.15, 0.2) is 24.3 Å². The van der Waals surface area contributed by atoms with Crippen LogP contribution < -0.4 is 10.6 Å². The summed E-state index contributed by atoms with van der Waals surface area (Å²) in [7, 11) is 0. The number of benzene rings is 1. The van der Waals surface area contributed by atoms with Crippen molar-refractivity contribution in [2.45, 2.75) is 25.3 Å². The van der Waals surface area contributed by atoms with Gasteiger partial charge in [-0.2, -0.15) is 0 Å². The fourth-order valence-corrected chi connectivity index (χ4v) is 3.23. The van der Waals surface area contributed by atoms with Crippen LogP contribution in [0.1, 0.15) is 19.3 Å². The minimum Gasteiger partial charge on any atom is -0.397 e. The first-order valence-corrected chi connectivity index (χ1v) is 6.55. The van der Waals surface area contributed by atoms with Gasteiger partial charge in [-0.25, -0.2) is 0 Å². The molecule has 2 atom stereocenters. The lowest BCUT2D eigenvalue weighted by Gasteiger charge is -2.32. The van der Waals surface area contributed by atoms with Gasteiger partial charge in [-0.15, -0.1) is 0 Å². The number of anilines is 2. The van der Waals surface area contributed by atoms with E-state index in [4.69, 9.17) is 10.5 Å². The van der Waals surface area contributed by atoms with Crippen molar-refractivity contribution in [2.75, 3.05) is 30.4 Å². The Morgan fingerprint density at radius 3 is 3.00 bits per heavy atom. The second-order valence-electron chi connectivity index (χ2n) is 5.09. The minimum absolute atomic E-state index is 0.627. The second-order valence-corrected chi connectivity index (χ2v) is 5.09. The normalized spacial score (nSPS) is 28.8. The lowest BCUT2D eigenvalue weighted by Crippen LogP contribution is -2.38. The molecule has 2 aliphatic rings. The van der Waals surface area contributed by atoms with Crippen LogP contribution in [-0.2, 0) is 4.74 Å². The summed E-state index contributed by atoms with van der Waals surface area (Å²) in [6.45, 7) is 2.71. The van der Waals surface area contributed by atoms with Gasteiger partial charge in [0.2, 0.25) is 0 Å². The molecule has 3 nitrogen and oxygen atoms in total. The summed E-state index contributed by atoms with van der Waals surface area (Å²) in [4.78, 5) is 2.47. The molecule has 1 aliphatic heterocycles. The van der Waals surface area contributed by atoms with Gasteiger partial charge in [0.1, 0.15) is 0 Å². The second kappa shape index (κ2) is 4.57. The lowest BCUT2D eigenvalue weighted by atomic mass is 10.0. The van der Waals surface area contributed by atoms with Crippen LogP contribution >= 0.6 is 0 Å². The van der Waals surface area contributed by atoms with E-state index in [2.05, 4.69) is 17.0 Å². The van der Waals surface area contributed by atoms with Gasteiger partial charge in [-0.1, -0.05) is 18.6 Å². The molecule has 0 bridgehead atoms. The molecule has 1 saturated carbocycles. The SMILES string of the molecule is Nc1ccccc1N1CCOC[C@@H]2CCC[C@@H]21. The fourth-order valence-electron chi connectivity index (χ4n) is 3.23. The van der Waals surface area contributed by atoms with E-state index in [-0.39, 0.29) is 0 Å². The summed E-state index contributed by atoms with van der Waals surface area (Å²) in [5.74, 6) is 0.692. The average molecular weight is 232 g/mol. The summed E-state index contributed by atoms with van der Waals surface area (Å²) in [6, 6.07) is 8.82. The van der Waals surface area contributed by atoms with Crippen molar-refractivity contribution in [3.05, 3.63) is 24.3 Å². The van der Waals surface area contributed by atoms with E-state index in [1.54, 1.807) is 0 Å². The van der Waals surface area contributed by atoms with Gasteiger partial charge in [0, 0.05) is 18.5 Å². The summed E-state index contributed by atoms with van der Waals surface area (Å²) in [5, 5.41) is 0. The highest BCUT2D eigenvalue weighted by molar-refractivity contribution is 5.68. The third-order valence-electron chi connectivity index (χ3n) is 4.07. The van der Waals surface area contributed by atoms with Crippen molar-refractivity contribution in [2.24, 2.45) is 5.92 Å². The molecular weight excluding hydrogens is 212 g/mol. The summed E-state index contributed by atoms with van der Waals surface area (Å²) < 4.78 is 5.72. The zero-order valence-electron chi connectivity index (χ0n) is 10.1. The Morgan fingerprint density at radius 2 is 2.12 bits per heavy atom. The third-order valence-corrected chi connectivity index (χ3v) is 4.07. The largest absolute Gasteiger partial charge is 0.397 e. The first kappa shape index (κ1) is 10.9. The molecule has 92 valence electrons. The Labute approximate surface area is 103 Å². The van der Waals surface area contributed by atoms with Gasteiger partial charge in [0.05, 0.1) is 24.6 Å². The minimum atomic E-state index is 0.627. The van der Waals surface area contributed by atoms with Crippen molar-refractivity contribution in [1.29, 1.82) is 0 Å². The van der Waals surface area contributed by atoms with E-state index < -0.39 is 0 Å². The number of nitrogens with zero attached hydrogens (tertiary/aromatic N) is 1. The third kappa shape index (κ3) is 2.00. The molecule has 3 rings (SSSR count). The van der Waals surface area contributed by atoms with Gasteiger partial charge < -0.3 is 15.4 Å². The Morgan fingerprint density at radius 1 is 1.24 bits per heavy atom. The van der Waals surface area contributed by atoms with Crippen LogP contribution in [0.5, 0.6) is 0 Å². The van der Waals surface area contributed by atoms with Gasteiger partial charge in [-0.3, -0.25) is 0 Å². The first-order chi connectivity index (χ1) is 8.36. The maximum atomic E-state index is 6.10. The number of para-hydroxylation sites is 2. The highest BCUT2D eigenvalue weighted by atomic mass is 16.5. The van der Waals surface area contributed by atoms with Crippen LogP contribution in [0.2, 0.25) is 0 Å². The predicted octanol–water partition coefficient (Wildman–Crippen LogP) is 2.27. The van der Waals surface area contributed by atoms with E-state index in [1.807, 2.05) is 12.1 Å². The van der Waals surface area contributed by atoms with Crippen LogP contribution in [0.3, 0.4) is 0 Å². The molecule has 0 unspecified atom stereocenters. The van der Waals surface area contributed by atoms with Gasteiger partial charge in [-0.05, 0) is 25.0 Å². The number of nitrogens with two attached hydrogens (primary N) is 1. The monoisotopic (exact) mass is 232 g/mol. The Hall–Kier alpha value is -1.22. The molecule has 1 saturated heterocycles. The summed E-state index contributed by atoms with van der Waals surface area (Å²) >= 11 is 0. The summed E-state index contributed by atoms with van der Waals surface area (Å²) in [6.07, 6.45) is 3.90. The number of hydrogen-bond donors (Lipinski definition) is 1. The molecule has 0 aromatic heterocycles. The molecule has 1 aromatic carbocycles. The number of rotatable bonds is 1. The van der Waals surface area contributed by atoms with E-state index in [9.17, 15) is 0 Å². The highest BCUT2D eigenvalue weighted by Gasteiger charge is 2.34. The van der Waals surface area contributed by atoms with Crippen molar-refractivity contribution in [1.82, 2.24) is 0 Å². The molecule has 2 N–H and O–H groups in total. The molecular formula is C14H20N2O. The average Bonchev–Trinajstić information content (AvgIpc) is 2.71. The maximum Gasteiger partial charge on any atom is 0.0641 e. The zero-order valence-corrected chi connectivity index (χ0v) is 10.1. The van der Waals surface area contributed by atoms with Crippen molar-refractivity contribution < 1.29 is 4.74 Å². The Balaban J connectivity index is 1.92. The molecule has 17 heavy (non-hydrogen) atoms. The summed E-state index contributed by atoms with van der Waals surface area (Å²) in [5.41, 5.74) is 8.18. The van der Waals surface area contributed by atoms with Crippen LogP contribution in [0.25, 0.3) is 0 Å². The molecule has 2 fully saturated rings. The molecule has 3 heteroatoms. The van der Waals surface area contributed by atoms with E-state index in [0.717, 1.165) is 25.4 Å². The molecule has 0 radical (unpaired) electrons. The molecule has 1 heterocycles. The highest BCUT2D eigenvalue weighted by Crippen LogP contribution is 2.36. The zero-order chi connectivity index (χ0) is 11.7. The number of fused-ring (bicyclic) bond motifs is 1. The number of nitrogen functional groups attached to an aromatic ring is 1. The van der Waals surface area contributed by atoms with Crippen LogP contribution in [0.4, 0.5) is 11.4 Å². The van der Waals surface area contributed by atoms with Crippen LogP contribution in [0, 0.1) is 5.92 Å². The maximum absolute atomic E-state index is 6.10. The van der Waals surface area contributed by atoms with Crippen molar-refractivity contribution in [3.8, 4) is 0 Å². The quantitative estimate of drug-likeness (QED) is 0.755. The number of ether oxygens (including phenoxy) is 1. The topological polar surface area (TPSA) is 38.5 Å². The number of hydrogen-bond acceptors (Lipinski definition) is 3. The molecule has 1 aromatic rings. The van der Waals surface area contributed by atoms with Crippen LogP contribution in [-0.4, -0.2) is 25.8 Å². The predicted molar refractivity (Wildman–Crippen MR) is 70.1 cm³/mol. The Bertz CT molecular complexity index is 394. The smallest absolute Gasteiger partial charge is 0.0641 e. The van der Waals surface area contributed by atoms with Crippen molar-refractivity contribution in [3.63, 3.8) is 0 Å². The van der Waals surface area contributed by atoms with E-state index in [1.165, 1.54) is 24.9 Å². The first-order valence-electron chi connectivity index (χ1n) is 6.55. The van der Waals surface area contributed by atoms with Gasteiger partial charge in [0.15, 0.2) is 0 Å². The van der Waals surface area contributed by atoms with Crippen molar-refractivity contribution >= 4 is 11.4 Å². The molecule has 0 amide bonds. The Kier molecular flexibility index (Phi) is 2.93. The molecule has 0 spiro atoms. The molecule has 1 aliphatic carbocycles. The van der Waals surface area contributed by atoms with E-state index in [0.29, 0.717) is 12.0 Å². The van der Waals surface area contributed by atoms with Gasteiger partial charge in [0.25, 0.3) is 0 Å². The fraction of sp³-hybridized carbons (Fsp3) is 0.571. The van der Waals surface area contributed by atoms with E-state index >= 15 is 0 Å².